The van der Waals surface area contributed by atoms with Crippen LogP contribution in [0.1, 0.15) is 113 Å². The molecule has 0 aliphatic heterocycles. The Bertz CT molecular complexity index is 960. The molecule has 1 N–H and O–H groups in total. The Morgan fingerprint density at radius 3 is 2.39 bits per heavy atom. The first kappa shape index (κ1) is 26.5. The van der Waals surface area contributed by atoms with Crippen molar-refractivity contribution >= 4 is 5.97 Å². The second-order valence-corrected chi connectivity index (χ2v) is 15.8. The number of carbonyl (C=O) groups is 1. The van der Waals surface area contributed by atoms with Crippen LogP contribution in [0.15, 0.2) is 24.3 Å². The van der Waals surface area contributed by atoms with E-state index in [0.717, 1.165) is 51.4 Å². The molecule has 0 aromatic carbocycles. The molecule has 5 aliphatic carbocycles. The maximum absolute atomic E-state index is 13.7. The van der Waals surface area contributed by atoms with Crippen molar-refractivity contribution in [2.24, 2.45) is 50.2 Å². The third-order valence-corrected chi connectivity index (χ3v) is 13.0. The van der Waals surface area contributed by atoms with Crippen LogP contribution in [-0.4, -0.2) is 23.8 Å². The topological polar surface area (TPSA) is 46.5 Å². The van der Waals surface area contributed by atoms with Crippen molar-refractivity contribution < 1.29 is 14.6 Å². The van der Waals surface area contributed by atoms with Gasteiger partial charge in [0.25, 0.3) is 0 Å². The number of carbonyl (C=O) groups excluding carboxylic acids is 1. The number of allylic oxidation sites excluding steroid dienone is 2. The Labute approximate surface area is 220 Å². The van der Waals surface area contributed by atoms with Gasteiger partial charge in [-0.05, 0) is 109 Å². The van der Waals surface area contributed by atoms with Gasteiger partial charge in [0, 0.05) is 0 Å². The molecule has 4 fully saturated rings. The standard InChI is InChI=1S/C33H52O3/c1-9-18-36-27(35)33-16-14-28(2,3)21-24(33)23-10-11-26-30(6)20-22(34)19-29(4,5)25(30)12-13-32(26,8)31(23,7)15-17-33/h9-10,22,24-26,34H,1,11-21H2,2-8H3/t22-,24+,25+,26-,30+,31-,32-,33+/m1/s1. The van der Waals surface area contributed by atoms with Gasteiger partial charge in [0.15, 0.2) is 0 Å². The molecule has 3 heteroatoms. The maximum Gasteiger partial charge on any atom is 0.312 e. The lowest BCUT2D eigenvalue weighted by atomic mass is 9.33. The highest BCUT2D eigenvalue weighted by molar-refractivity contribution is 5.79. The summed E-state index contributed by atoms with van der Waals surface area (Å²) < 4.78 is 5.81. The fraction of sp³-hybridized carbons (Fsp3) is 0.848. The first-order valence-corrected chi connectivity index (χ1v) is 14.8. The first-order chi connectivity index (χ1) is 16.7. The minimum atomic E-state index is -0.378. The van der Waals surface area contributed by atoms with E-state index in [0.29, 0.717) is 18.4 Å². The van der Waals surface area contributed by atoms with Crippen LogP contribution in [0.3, 0.4) is 0 Å². The van der Waals surface area contributed by atoms with Crippen molar-refractivity contribution in [2.45, 2.75) is 119 Å². The summed E-state index contributed by atoms with van der Waals surface area (Å²) >= 11 is 0. The average molecular weight is 497 g/mol. The summed E-state index contributed by atoms with van der Waals surface area (Å²) in [5, 5.41) is 11.0. The fourth-order valence-corrected chi connectivity index (χ4v) is 11.2. The van der Waals surface area contributed by atoms with E-state index in [1.165, 1.54) is 12.8 Å². The van der Waals surface area contributed by atoms with Gasteiger partial charge < -0.3 is 9.84 Å². The molecule has 0 bridgehead atoms. The molecule has 202 valence electrons. The molecule has 4 saturated carbocycles. The van der Waals surface area contributed by atoms with Gasteiger partial charge in [-0.2, -0.15) is 0 Å². The predicted octanol–water partition coefficient (Wildman–Crippen LogP) is 7.88. The summed E-state index contributed by atoms with van der Waals surface area (Å²) in [4.78, 5) is 13.7. The van der Waals surface area contributed by atoms with E-state index < -0.39 is 0 Å². The molecule has 0 radical (unpaired) electrons. The third kappa shape index (κ3) is 3.50. The Balaban J connectivity index is 1.58. The minimum absolute atomic E-state index is 0.0194. The first-order valence-electron chi connectivity index (χ1n) is 14.8. The van der Waals surface area contributed by atoms with E-state index in [1.54, 1.807) is 11.6 Å². The number of ether oxygens (including phenoxy) is 1. The van der Waals surface area contributed by atoms with Crippen molar-refractivity contribution in [1.29, 1.82) is 0 Å². The number of hydrogen-bond donors (Lipinski definition) is 1. The molecule has 0 aromatic rings. The van der Waals surface area contributed by atoms with Gasteiger partial charge in [0.05, 0.1) is 11.5 Å². The smallest absolute Gasteiger partial charge is 0.312 e. The zero-order chi connectivity index (χ0) is 26.4. The van der Waals surface area contributed by atoms with Crippen LogP contribution < -0.4 is 0 Å². The Kier molecular flexibility index (Phi) is 6.04. The molecule has 0 spiro atoms. The van der Waals surface area contributed by atoms with Gasteiger partial charge in [-0.3, -0.25) is 4.79 Å². The third-order valence-electron chi connectivity index (χ3n) is 13.0. The van der Waals surface area contributed by atoms with Crippen LogP contribution in [0.25, 0.3) is 0 Å². The van der Waals surface area contributed by atoms with E-state index in [-0.39, 0.29) is 50.5 Å². The molecule has 5 rings (SSSR count). The molecule has 3 nitrogen and oxygen atoms in total. The monoisotopic (exact) mass is 496 g/mol. The SMILES string of the molecule is C=CCOC(=O)[C@]12CCC(C)(C)C[C@H]1C1=CC[C@@H]3[C@@]4(C)C[C@H](O)CC(C)(C)[C@@H]4CC[C@@]3(C)[C@]1(C)CC2. The molecule has 0 heterocycles. The number of esters is 1. The highest BCUT2D eigenvalue weighted by Gasteiger charge is 2.69. The Morgan fingerprint density at radius 1 is 1.00 bits per heavy atom. The second kappa shape index (κ2) is 8.20. The lowest BCUT2D eigenvalue weighted by Gasteiger charge is -2.71. The van der Waals surface area contributed by atoms with Crippen molar-refractivity contribution in [3.8, 4) is 0 Å². The summed E-state index contributed by atoms with van der Waals surface area (Å²) in [6, 6.07) is 0. The predicted molar refractivity (Wildman–Crippen MR) is 146 cm³/mol. The summed E-state index contributed by atoms with van der Waals surface area (Å²) in [6.07, 6.45) is 14.7. The normalized spacial score (nSPS) is 48.8. The highest BCUT2D eigenvalue weighted by Crippen LogP contribution is 2.75. The summed E-state index contributed by atoms with van der Waals surface area (Å²) in [7, 11) is 0. The molecule has 0 saturated heterocycles. The second-order valence-electron chi connectivity index (χ2n) is 15.8. The van der Waals surface area contributed by atoms with Gasteiger partial charge in [0.2, 0.25) is 0 Å². The van der Waals surface area contributed by atoms with Crippen molar-refractivity contribution in [2.75, 3.05) is 6.61 Å². The van der Waals surface area contributed by atoms with Crippen molar-refractivity contribution in [3.63, 3.8) is 0 Å². The van der Waals surface area contributed by atoms with Crippen LogP contribution in [0.2, 0.25) is 0 Å². The molecular formula is C33H52O3. The maximum atomic E-state index is 13.7. The molecule has 8 atom stereocenters. The molecule has 5 aliphatic rings. The molecular weight excluding hydrogens is 444 g/mol. The van der Waals surface area contributed by atoms with E-state index in [4.69, 9.17) is 4.74 Å². The van der Waals surface area contributed by atoms with Gasteiger partial charge in [0.1, 0.15) is 6.61 Å². The lowest BCUT2D eigenvalue weighted by Crippen LogP contribution is -2.64. The zero-order valence-corrected chi connectivity index (χ0v) is 24.2. The summed E-state index contributed by atoms with van der Waals surface area (Å²) in [6.45, 7) is 21.4. The summed E-state index contributed by atoms with van der Waals surface area (Å²) in [5.74, 6) is 1.53. The van der Waals surface area contributed by atoms with Gasteiger partial charge in [-0.1, -0.05) is 72.8 Å². The molecule has 0 amide bonds. The van der Waals surface area contributed by atoms with Crippen LogP contribution in [-0.2, 0) is 9.53 Å². The number of aliphatic hydroxyl groups excluding tert-OH is 1. The zero-order valence-electron chi connectivity index (χ0n) is 24.2. The number of aliphatic hydroxyl groups is 1. The number of hydrogen-bond acceptors (Lipinski definition) is 3. The molecule has 0 aromatic heterocycles. The van der Waals surface area contributed by atoms with Gasteiger partial charge in [-0.25, -0.2) is 0 Å². The van der Waals surface area contributed by atoms with E-state index in [9.17, 15) is 9.90 Å². The molecule has 0 unspecified atom stereocenters. The van der Waals surface area contributed by atoms with Crippen LogP contribution in [0.5, 0.6) is 0 Å². The highest BCUT2D eigenvalue weighted by atomic mass is 16.5. The Morgan fingerprint density at radius 2 is 1.69 bits per heavy atom. The number of rotatable bonds is 3. The fourth-order valence-electron chi connectivity index (χ4n) is 11.2. The quantitative estimate of drug-likeness (QED) is 0.319. The van der Waals surface area contributed by atoms with E-state index >= 15 is 0 Å². The minimum Gasteiger partial charge on any atom is -0.461 e. The lowest BCUT2D eigenvalue weighted by molar-refractivity contribution is -0.201. The average Bonchev–Trinajstić information content (AvgIpc) is 2.76. The molecule has 36 heavy (non-hydrogen) atoms. The largest absolute Gasteiger partial charge is 0.461 e. The van der Waals surface area contributed by atoms with Crippen LogP contribution in [0.4, 0.5) is 0 Å². The summed E-state index contributed by atoms with van der Waals surface area (Å²) in [5.41, 5.74) is 2.06. The number of fused-ring (bicyclic) bond motifs is 7. The van der Waals surface area contributed by atoms with Crippen molar-refractivity contribution in [1.82, 2.24) is 0 Å². The van der Waals surface area contributed by atoms with Gasteiger partial charge >= 0.3 is 5.97 Å². The van der Waals surface area contributed by atoms with E-state index in [1.807, 2.05) is 0 Å². The van der Waals surface area contributed by atoms with E-state index in [2.05, 4.69) is 61.1 Å². The van der Waals surface area contributed by atoms with Crippen LogP contribution in [0, 0.1) is 50.2 Å². The van der Waals surface area contributed by atoms with Gasteiger partial charge in [-0.15, -0.1) is 0 Å². The van der Waals surface area contributed by atoms with Crippen LogP contribution >= 0.6 is 0 Å². The Hall–Kier alpha value is -1.09. The van der Waals surface area contributed by atoms with Crippen molar-refractivity contribution in [3.05, 3.63) is 24.3 Å².